The monoisotopic (exact) mass is 301 g/mol. The minimum atomic E-state index is -3.00. The van der Waals surface area contributed by atoms with Gasteiger partial charge in [-0.2, -0.15) is 8.78 Å². The normalized spacial score (nSPS) is 10.3. The highest BCUT2D eigenvalue weighted by atomic mass is 19.3. The van der Waals surface area contributed by atoms with Crippen LogP contribution in [0.25, 0.3) is 0 Å². The molecule has 0 atom stereocenters. The third kappa shape index (κ3) is 6.20. The highest BCUT2D eigenvalue weighted by molar-refractivity contribution is 5.96. The largest absolute Gasteiger partial charge is 0.466 e. The summed E-state index contributed by atoms with van der Waals surface area (Å²) in [6, 6.07) is 5.72. The van der Waals surface area contributed by atoms with Gasteiger partial charge in [-0.05, 0) is 25.5 Å². The highest BCUT2D eigenvalue weighted by Crippen LogP contribution is 2.19. The fraction of sp³-hybridized carbons (Fsp3) is 0.429. The maximum absolute atomic E-state index is 12.2. The van der Waals surface area contributed by atoms with Gasteiger partial charge in [-0.1, -0.05) is 12.1 Å². The molecule has 0 saturated carbocycles. The molecule has 116 valence electrons. The van der Waals surface area contributed by atoms with Crippen LogP contribution < -0.4 is 10.1 Å². The maximum Gasteiger partial charge on any atom is 0.387 e. The summed E-state index contributed by atoms with van der Waals surface area (Å²) in [7, 11) is 0. The molecule has 0 heterocycles. The summed E-state index contributed by atoms with van der Waals surface area (Å²) in [6.45, 7) is -0.744. The van der Waals surface area contributed by atoms with Gasteiger partial charge in [-0.25, -0.2) is 0 Å². The third-order valence-electron chi connectivity index (χ3n) is 2.50. The zero-order chi connectivity index (χ0) is 15.7. The number of benzene rings is 1. The fourth-order valence-corrected chi connectivity index (χ4v) is 1.62. The van der Waals surface area contributed by atoms with Gasteiger partial charge in [-0.15, -0.1) is 0 Å². The number of carbonyl (C=O) groups excluding carboxylic acids is 2. The zero-order valence-corrected chi connectivity index (χ0v) is 11.6. The predicted molar refractivity (Wildman–Crippen MR) is 71.3 cm³/mol. The van der Waals surface area contributed by atoms with Crippen LogP contribution in [0.15, 0.2) is 24.3 Å². The van der Waals surface area contributed by atoms with Crippen LogP contribution in [0.4, 0.5) is 8.78 Å². The summed E-state index contributed by atoms with van der Waals surface area (Å²) in [5.74, 6) is -1.06. The Morgan fingerprint density at radius 3 is 2.67 bits per heavy atom. The summed E-state index contributed by atoms with van der Waals surface area (Å²) >= 11 is 0. The van der Waals surface area contributed by atoms with Crippen molar-refractivity contribution in [3.8, 4) is 5.75 Å². The lowest BCUT2D eigenvalue weighted by molar-refractivity contribution is -0.143. The summed E-state index contributed by atoms with van der Waals surface area (Å²) in [6.07, 6.45) is 0.589. The molecule has 0 aromatic heterocycles. The minimum absolute atomic E-state index is 0.0222. The highest BCUT2D eigenvalue weighted by Gasteiger charge is 2.14. The Morgan fingerprint density at radius 2 is 2.00 bits per heavy atom. The molecule has 1 N–H and O–H groups in total. The molecule has 1 rings (SSSR count). The molecule has 0 radical (unpaired) electrons. The lowest BCUT2D eigenvalue weighted by atomic mass is 10.2. The van der Waals surface area contributed by atoms with Gasteiger partial charge in [0.1, 0.15) is 5.75 Å². The number of esters is 1. The van der Waals surface area contributed by atoms with Gasteiger partial charge in [0.05, 0.1) is 12.2 Å². The van der Waals surface area contributed by atoms with Gasteiger partial charge in [0, 0.05) is 13.0 Å². The number of nitrogens with one attached hydrogen (secondary N) is 1. The first-order valence-corrected chi connectivity index (χ1v) is 6.52. The molecule has 7 heteroatoms. The number of alkyl halides is 2. The van der Waals surface area contributed by atoms with E-state index in [0.29, 0.717) is 13.0 Å². The van der Waals surface area contributed by atoms with Crippen LogP contribution in [-0.2, 0) is 9.53 Å². The molecule has 0 aliphatic rings. The quantitative estimate of drug-likeness (QED) is 0.591. The first kappa shape index (κ1) is 16.9. The second-order valence-corrected chi connectivity index (χ2v) is 4.04. The molecule has 0 saturated heterocycles. The Bertz CT molecular complexity index is 480. The average molecular weight is 301 g/mol. The number of hydrogen-bond acceptors (Lipinski definition) is 4. The van der Waals surface area contributed by atoms with Gasteiger partial charge in [-0.3, -0.25) is 9.59 Å². The van der Waals surface area contributed by atoms with Gasteiger partial charge in [0.2, 0.25) is 0 Å². The Morgan fingerprint density at radius 1 is 1.29 bits per heavy atom. The first-order valence-electron chi connectivity index (χ1n) is 6.52. The minimum Gasteiger partial charge on any atom is -0.466 e. The molecule has 0 bridgehead atoms. The van der Waals surface area contributed by atoms with Gasteiger partial charge in [0.25, 0.3) is 5.91 Å². The number of hydrogen-bond donors (Lipinski definition) is 1. The summed E-state index contributed by atoms with van der Waals surface area (Å²) in [4.78, 5) is 23.0. The van der Waals surface area contributed by atoms with Crippen molar-refractivity contribution in [2.75, 3.05) is 13.2 Å². The standard InChI is InChI=1S/C14H17F2NO4/c1-2-20-12(18)8-5-9-17-13(19)10-6-3-4-7-11(10)21-14(15)16/h3-4,6-7,14H,2,5,8-9H2,1H3,(H,17,19). The smallest absolute Gasteiger partial charge is 0.387 e. The van der Waals surface area contributed by atoms with E-state index in [-0.39, 0.29) is 30.2 Å². The van der Waals surface area contributed by atoms with Gasteiger partial charge < -0.3 is 14.8 Å². The predicted octanol–water partition coefficient (Wildman–Crippen LogP) is 2.36. The van der Waals surface area contributed by atoms with E-state index >= 15 is 0 Å². The summed E-state index contributed by atoms with van der Waals surface area (Å²) < 4.78 is 33.5. The van der Waals surface area contributed by atoms with Crippen molar-refractivity contribution >= 4 is 11.9 Å². The Balaban J connectivity index is 2.47. The molecule has 0 spiro atoms. The zero-order valence-electron chi connectivity index (χ0n) is 11.6. The van der Waals surface area contributed by atoms with Crippen molar-refractivity contribution < 1.29 is 27.8 Å². The second kappa shape index (κ2) is 8.89. The number of ether oxygens (including phenoxy) is 2. The summed E-state index contributed by atoms with van der Waals surface area (Å²) in [5, 5.41) is 2.54. The lowest BCUT2D eigenvalue weighted by Crippen LogP contribution is -2.25. The van der Waals surface area contributed by atoms with Crippen molar-refractivity contribution in [1.82, 2.24) is 5.32 Å². The molecule has 1 aromatic rings. The van der Waals surface area contributed by atoms with Crippen molar-refractivity contribution in [2.24, 2.45) is 0 Å². The number of halogens is 2. The molecule has 5 nitrogen and oxygen atoms in total. The van der Waals surface area contributed by atoms with Crippen LogP contribution in [0.2, 0.25) is 0 Å². The SMILES string of the molecule is CCOC(=O)CCCNC(=O)c1ccccc1OC(F)F. The van der Waals surface area contributed by atoms with Crippen LogP contribution in [0.5, 0.6) is 5.75 Å². The molecule has 0 aliphatic heterocycles. The maximum atomic E-state index is 12.2. The molecule has 0 aliphatic carbocycles. The molecule has 0 unspecified atom stereocenters. The van der Waals surface area contributed by atoms with E-state index in [1.54, 1.807) is 13.0 Å². The van der Waals surface area contributed by atoms with E-state index in [1.165, 1.54) is 18.2 Å². The number of amides is 1. The first-order chi connectivity index (χ1) is 10.0. The van der Waals surface area contributed by atoms with Gasteiger partial charge >= 0.3 is 12.6 Å². The van der Waals surface area contributed by atoms with Crippen LogP contribution in [0.1, 0.15) is 30.1 Å². The summed E-state index contributed by atoms with van der Waals surface area (Å²) in [5.41, 5.74) is 0.0222. The Hall–Kier alpha value is -2.18. The molecule has 21 heavy (non-hydrogen) atoms. The second-order valence-electron chi connectivity index (χ2n) is 4.04. The van der Waals surface area contributed by atoms with Crippen LogP contribution in [-0.4, -0.2) is 31.6 Å². The van der Waals surface area contributed by atoms with Crippen molar-refractivity contribution in [3.05, 3.63) is 29.8 Å². The average Bonchev–Trinajstić information content (AvgIpc) is 2.43. The lowest BCUT2D eigenvalue weighted by Gasteiger charge is -2.10. The van der Waals surface area contributed by atoms with Gasteiger partial charge in [0.15, 0.2) is 0 Å². The van der Waals surface area contributed by atoms with E-state index in [4.69, 9.17) is 4.74 Å². The van der Waals surface area contributed by atoms with E-state index in [2.05, 4.69) is 10.1 Å². The van der Waals surface area contributed by atoms with E-state index < -0.39 is 12.5 Å². The molecule has 0 fully saturated rings. The van der Waals surface area contributed by atoms with Crippen molar-refractivity contribution in [3.63, 3.8) is 0 Å². The fourth-order valence-electron chi connectivity index (χ4n) is 1.62. The van der Waals surface area contributed by atoms with E-state index in [0.717, 1.165) is 0 Å². The Kier molecular flexibility index (Phi) is 7.14. The van der Waals surface area contributed by atoms with Crippen LogP contribution in [0, 0.1) is 0 Å². The third-order valence-corrected chi connectivity index (χ3v) is 2.50. The number of rotatable bonds is 8. The molecule has 1 amide bonds. The topological polar surface area (TPSA) is 64.6 Å². The van der Waals surface area contributed by atoms with Crippen LogP contribution >= 0.6 is 0 Å². The van der Waals surface area contributed by atoms with Crippen molar-refractivity contribution in [1.29, 1.82) is 0 Å². The molecular formula is C14H17F2NO4. The van der Waals surface area contributed by atoms with E-state index in [1.807, 2.05) is 0 Å². The molecule has 1 aromatic carbocycles. The molecular weight excluding hydrogens is 284 g/mol. The van der Waals surface area contributed by atoms with E-state index in [9.17, 15) is 18.4 Å². The Labute approximate surface area is 121 Å². The number of carbonyl (C=O) groups is 2. The van der Waals surface area contributed by atoms with Crippen LogP contribution in [0.3, 0.4) is 0 Å². The van der Waals surface area contributed by atoms with Crippen molar-refractivity contribution in [2.45, 2.75) is 26.4 Å². The number of para-hydroxylation sites is 1.